The molecule has 0 fully saturated rings. The van der Waals surface area contributed by atoms with Gasteiger partial charge in [-0.1, -0.05) is 54.6 Å². The fraction of sp³-hybridized carbons (Fsp3) is 0.182. The Morgan fingerprint density at radius 1 is 1.04 bits per heavy atom. The lowest BCUT2D eigenvalue weighted by molar-refractivity contribution is -0.142. The quantitative estimate of drug-likeness (QED) is 0.717. The molecule has 1 heterocycles. The number of anilines is 1. The van der Waals surface area contributed by atoms with Crippen LogP contribution in [0.4, 0.5) is 5.69 Å². The Morgan fingerprint density at radius 3 is 2.67 bits per heavy atom. The summed E-state index contributed by atoms with van der Waals surface area (Å²) in [5.74, 6) is -0.0434. The zero-order valence-corrected chi connectivity index (χ0v) is 14.9. The van der Waals surface area contributed by atoms with Crippen LogP contribution in [0, 0.1) is 0 Å². The van der Waals surface area contributed by atoms with Gasteiger partial charge in [0.1, 0.15) is 5.75 Å². The average Bonchev–Trinajstić information content (AvgIpc) is 2.71. The number of methoxy groups -OCH3 is 1. The van der Waals surface area contributed by atoms with Crippen LogP contribution in [0.2, 0.25) is 0 Å². The van der Waals surface area contributed by atoms with Crippen molar-refractivity contribution in [3.8, 4) is 5.75 Å². The van der Waals surface area contributed by atoms with Crippen molar-refractivity contribution in [3.63, 3.8) is 0 Å². The molecule has 3 aromatic carbocycles. The molecule has 1 aliphatic heterocycles. The standard InChI is InChI=1S/C22H19NO4/c1-26-21(25)13-27-19-9-5-4-8-16(19)18-12-20(24)23-22-15-7-3-2-6-14(15)10-11-17(18)22/h2-11,18H,12-13H2,1H3,(H,23,24)/t18-/m1/s1. The van der Waals surface area contributed by atoms with E-state index in [9.17, 15) is 9.59 Å². The molecule has 0 unspecified atom stereocenters. The predicted molar refractivity (Wildman–Crippen MR) is 103 cm³/mol. The molecule has 5 nitrogen and oxygen atoms in total. The van der Waals surface area contributed by atoms with Gasteiger partial charge in [0.2, 0.25) is 5.91 Å². The van der Waals surface area contributed by atoms with Gasteiger partial charge in [-0.2, -0.15) is 0 Å². The molecule has 1 N–H and O–H groups in total. The highest BCUT2D eigenvalue weighted by Gasteiger charge is 2.29. The van der Waals surface area contributed by atoms with Crippen molar-refractivity contribution < 1.29 is 19.1 Å². The topological polar surface area (TPSA) is 64.6 Å². The first-order chi connectivity index (χ1) is 13.2. The summed E-state index contributed by atoms with van der Waals surface area (Å²) in [5.41, 5.74) is 2.77. The molecule has 0 saturated carbocycles. The Hall–Kier alpha value is -3.34. The van der Waals surface area contributed by atoms with Crippen LogP contribution in [-0.4, -0.2) is 25.6 Å². The van der Waals surface area contributed by atoms with Crippen molar-refractivity contribution >= 4 is 28.3 Å². The molecule has 0 aliphatic carbocycles. The molecule has 0 saturated heterocycles. The minimum atomic E-state index is -0.447. The fourth-order valence-corrected chi connectivity index (χ4v) is 3.58. The van der Waals surface area contributed by atoms with Crippen molar-refractivity contribution in [2.24, 2.45) is 0 Å². The second kappa shape index (κ2) is 7.11. The SMILES string of the molecule is COC(=O)COc1ccccc1[C@H]1CC(=O)Nc2c1ccc1ccccc21. The maximum Gasteiger partial charge on any atom is 0.343 e. The third kappa shape index (κ3) is 3.24. The highest BCUT2D eigenvalue weighted by molar-refractivity contribution is 6.06. The highest BCUT2D eigenvalue weighted by atomic mass is 16.6. The van der Waals surface area contributed by atoms with Gasteiger partial charge >= 0.3 is 5.97 Å². The van der Waals surface area contributed by atoms with E-state index in [0.717, 1.165) is 27.6 Å². The number of fused-ring (bicyclic) bond motifs is 3. The number of para-hydroxylation sites is 1. The number of carbonyl (C=O) groups is 2. The molecule has 4 rings (SSSR count). The summed E-state index contributed by atoms with van der Waals surface area (Å²) >= 11 is 0. The normalized spacial score (nSPS) is 15.7. The number of carbonyl (C=O) groups excluding carboxylic acids is 2. The van der Waals surface area contributed by atoms with Gasteiger partial charge in [-0.25, -0.2) is 4.79 Å². The van der Waals surface area contributed by atoms with Gasteiger partial charge in [0.05, 0.1) is 12.8 Å². The number of hydrogen-bond acceptors (Lipinski definition) is 4. The van der Waals surface area contributed by atoms with E-state index >= 15 is 0 Å². The maximum absolute atomic E-state index is 12.5. The van der Waals surface area contributed by atoms with Crippen LogP contribution in [0.1, 0.15) is 23.5 Å². The molecule has 27 heavy (non-hydrogen) atoms. The summed E-state index contributed by atoms with van der Waals surface area (Å²) in [7, 11) is 1.32. The number of benzene rings is 3. The highest BCUT2D eigenvalue weighted by Crippen LogP contribution is 2.43. The Balaban J connectivity index is 1.79. The van der Waals surface area contributed by atoms with Gasteiger partial charge in [0.25, 0.3) is 0 Å². The smallest absolute Gasteiger partial charge is 0.343 e. The van der Waals surface area contributed by atoms with E-state index in [1.807, 2.05) is 48.5 Å². The van der Waals surface area contributed by atoms with Gasteiger partial charge in [-0.05, 0) is 17.0 Å². The number of hydrogen-bond donors (Lipinski definition) is 1. The second-order valence-corrected chi connectivity index (χ2v) is 6.46. The number of nitrogens with one attached hydrogen (secondary N) is 1. The molecule has 3 aromatic rings. The summed E-state index contributed by atoms with van der Waals surface area (Å²) in [6.45, 7) is -0.170. The van der Waals surface area contributed by atoms with Crippen LogP contribution < -0.4 is 10.1 Å². The van der Waals surface area contributed by atoms with E-state index in [4.69, 9.17) is 4.74 Å². The second-order valence-electron chi connectivity index (χ2n) is 6.46. The zero-order valence-electron chi connectivity index (χ0n) is 14.9. The Bertz CT molecular complexity index is 1030. The minimum Gasteiger partial charge on any atom is -0.482 e. The van der Waals surface area contributed by atoms with Crippen LogP contribution in [0.5, 0.6) is 5.75 Å². The Kier molecular flexibility index (Phi) is 4.50. The van der Waals surface area contributed by atoms with Crippen LogP contribution in [0.3, 0.4) is 0 Å². The molecule has 0 aromatic heterocycles. The van der Waals surface area contributed by atoms with Gasteiger partial charge in [-0.15, -0.1) is 0 Å². The molecule has 5 heteroatoms. The largest absolute Gasteiger partial charge is 0.482 e. The number of amides is 1. The molecule has 1 aliphatic rings. The summed E-state index contributed by atoms with van der Waals surface area (Å²) < 4.78 is 10.3. The average molecular weight is 361 g/mol. The van der Waals surface area contributed by atoms with Crippen LogP contribution in [0.25, 0.3) is 10.8 Å². The van der Waals surface area contributed by atoms with E-state index in [-0.39, 0.29) is 18.4 Å². The molecule has 1 atom stereocenters. The van der Waals surface area contributed by atoms with Crippen molar-refractivity contribution in [2.45, 2.75) is 12.3 Å². The lowest BCUT2D eigenvalue weighted by Gasteiger charge is -2.28. The van der Waals surface area contributed by atoms with Crippen molar-refractivity contribution in [3.05, 3.63) is 71.8 Å². The number of esters is 1. The molecule has 0 spiro atoms. The molecule has 0 radical (unpaired) electrons. The van der Waals surface area contributed by atoms with Crippen LogP contribution >= 0.6 is 0 Å². The van der Waals surface area contributed by atoms with Crippen LogP contribution in [0.15, 0.2) is 60.7 Å². The van der Waals surface area contributed by atoms with Crippen molar-refractivity contribution in [2.75, 3.05) is 19.0 Å². The van der Waals surface area contributed by atoms with E-state index in [1.165, 1.54) is 7.11 Å². The zero-order chi connectivity index (χ0) is 18.8. The fourth-order valence-electron chi connectivity index (χ4n) is 3.58. The summed E-state index contributed by atoms with van der Waals surface area (Å²) in [4.78, 5) is 23.9. The first-order valence-electron chi connectivity index (χ1n) is 8.77. The first kappa shape index (κ1) is 17.1. The van der Waals surface area contributed by atoms with E-state index < -0.39 is 5.97 Å². The number of ether oxygens (including phenoxy) is 2. The summed E-state index contributed by atoms with van der Waals surface area (Å²) in [6.07, 6.45) is 0.323. The number of rotatable bonds is 4. The van der Waals surface area contributed by atoms with Gasteiger partial charge in [0, 0.05) is 23.3 Å². The molecular weight excluding hydrogens is 342 g/mol. The third-order valence-corrected chi connectivity index (χ3v) is 4.86. The Labute approximate surface area is 156 Å². The van der Waals surface area contributed by atoms with Crippen LogP contribution in [-0.2, 0) is 14.3 Å². The van der Waals surface area contributed by atoms with E-state index in [1.54, 1.807) is 0 Å². The minimum absolute atomic E-state index is 0.0355. The van der Waals surface area contributed by atoms with Crippen molar-refractivity contribution in [1.29, 1.82) is 0 Å². The monoisotopic (exact) mass is 361 g/mol. The van der Waals surface area contributed by atoms with Gasteiger partial charge in [-0.3, -0.25) is 4.79 Å². The summed E-state index contributed by atoms with van der Waals surface area (Å²) in [5, 5.41) is 5.12. The van der Waals surface area contributed by atoms with Crippen molar-refractivity contribution in [1.82, 2.24) is 0 Å². The maximum atomic E-state index is 12.5. The molecule has 0 bridgehead atoms. The summed E-state index contributed by atoms with van der Waals surface area (Å²) in [6, 6.07) is 19.6. The lowest BCUT2D eigenvalue weighted by Crippen LogP contribution is -2.24. The molecule has 1 amide bonds. The van der Waals surface area contributed by atoms with E-state index in [0.29, 0.717) is 12.2 Å². The molecular formula is C22H19NO4. The predicted octanol–water partition coefficient (Wildman–Crippen LogP) is 3.87. The molecule has 136 valence electrons. The Morgan fingerprint density at radius 2 is 1.81 bits per heavy atom. The lowest BCUT2D eigenvalue weighted by atomic mass is 9.83. The van der Waals surface area contributed by atoms with Gasteiger partial charge in [0.15, 0.2) is 6.61 Å². The van der Waals surface area contributed by atoms with Gasteiger partial charge < -0.3 is 14.8 Å². The van der Waals surface area contributed by atoms with E-state index in [2.05, 4.69) is 22.2 Å². The first-order valence-corrected chi connectivity index (χ1v) is 8.77. The third-order valence-electron chi connectivity index (χ3n) is 4.86.